The van der Waals surface area contributed by atoms with E-state index in [2.05, 4.69) is 10.1 Å². The van der Waals surface area contributed by atoms with Gasteiger partial charge in [-0.2, -0.15) is 4.98 Å². The molecule has 2 aromatic carbocycles. The van der Waals surface area contributed by atoms with Crippen molar-refractivity contribution in [1.82, 2.24) is 10.1 Å². The first kappa shape index (κ1) is 17.0. The molecule has 0 aliphatic carbocycles. The second kappa shape index (κ2) is 7.85. The summed E-state index contributed by atoms with van der Waals surface area (Å²) >= 11 is 1.44. The zero-order valence-electron chi connectivity index (χ0n) is 13.8. The van der Waals surface area contributed by atoms with Crippen LogP contribution >= 0.6 is 11.8 Å². The molecule has 0 bridgehead atoms. The number of carbonyl (C=O) groups excluding carboxylic acids is 1. The fraction of sp³-hybridized carbons (Fsp3) is 0.167. The molecule has 0 aliphatic heterocycles. The lowest BCUT2D eigenvalue weighted by Crippen LogP contribution is -2.02. The fourth-order valence-electron chi connectivity index (χ4n) is 2.20. The Morgan fingerprint density at radius 1 is 1.16 bits per heavy atom. The first-order valence-electron chi connectivity index (χ1n) is 7.48. The Morgan fingerprint density at radius 3 is 2.80 bits per heavy atom. The molecule has 3 aromatic rings. The van der Waals surface area contributed by atoms with Crippen molar-refractivity contribution in [3.8, 4) is 17.1 Å². The molecule has 0 atom stereocenters. The molecule has 0 saturated carbocycles. The van der Waals surface area contributed by atoms with Crippen LogP contribution in [0.2, 0.25) is 0 Å². The number of carbonyl (C=O) groups is 1. The molecule has 7 heteroatoms. The van der Waals surface area contributed by atoms with Crippen LogP contribution < -0.4 is 4.74 Å². The second-order valence-corrected chi connectivity index (χ2v) is 6.04. The number of nitrogens with zero attached hydrogens (tertiary/aromatic N) is 2. The van der Waals surface area contributed by atoms with Crippen LogP contribution in [-0.2, 0) is 10.5 Å². The van der Waals surface area contributed by atoms with E-state index < -0.39 is 0 Å². The van der Waals surface area contributed by atoms with Gasteiger partial charge in [0.1, 0.15) is 5.75 Å². The number of methoxy groups -OCH3 is 2. The van der Waals surface area contributed by atoms with Crippen molar-refractivity contribution in [3.05, 3.63) is 60.0 Å². The van der Waals surface area contributed by atoms with Gasteiger partial charge in [-0.25, -0.2) is 4.79 Å². The predicted octanol–water partition coefficient (Wildman–Crippen LogP) is 3.82. The molecule has 0 radical (unpaired) electrons. The summed E-state index contributed by atoms with van der Waals surface area (Å²) in [6.07, 6.45) is 0. The van der Waals surface area contributed by atoms with E-state index in [9.17, 15) is 4.79 Å². The third-order valence-corrected chi connectivity index (χ3v) is 4.50. The van der Waals surface area contributed by atoms with Crippen molar-refractivity contribution in [2.45, 2.75) is 10.6 Å². The van der Waals surface area contributed by atoms with E-state index in [1.54, 1.807) is 19.2 Å². The third-order valence-electron chi connectivity index (χ3n) is 3.44. The van der Waals surface area contributed by atoms with Crippen molar-refractivity contribution in [1.29, 1.82) is 0 Å². The Bertz CT molecular complexity index is 879. The molecule has 1 heterocycles. The molecule has 0 spiro atoms. The van der Waals surface area contributed by atoms with Gasteiger partial charge in [0.05, 0.1) is 25.5 Å². The molecule has 6 nitrogen and oxygen atoms in total. The monoisotopic (exact) mass is 356 g/mol. The lowest BCUT2D eigenvalue weighted by molar-refractivity contribution is 0.0597. The quantitative estimate of drug-likeness (QED) is 0.491. The van der Waals surface area contributed by atoms with E-state index in [0.717, 1.165) is 16.2 Å². The molecule has 25 heavy (non-hydrogen) atoms. The Hall–Kier alpha value is -2.80. The second-order valence-electron chi connectivity index (χ2n) is 5.02. The predicted molar refractivity (Wildman–Crippen MR) is 93.6 cm³/mol. The zero-order valence-corrected chi connectivity index (χ0v) is 14.6. The highest BCUT2D eigenvalue weighted by atomic mass is 32.2. The fourth-order valence-corrected chi connectivity index (χ4v) is 3.08. The van der Waals surface area contributed by atoms with Crippen LogP contribution in [0.1, 0.15) is 16.2 Å². The summed E-state index contributed by atoms with van der Waals surface area (Å²) in [6, 6.07) is 14.7. The summed E-state index contributed by atoms with van der Waals surface area (Å²) < 4.78 is 15.3. The molecule has 0 N–H and O–H groups in total. The van der Waals surface area contributed by atoms with Crippen LogP contribution in [0.5, 0.6) is 5.75 Å². The van der Waals surface area contributed by atoms with E-state index in [-0.39, 0.29) is 5.97 Å². The number of ether oxygens (including phenoxy) is 2. The van der Waals surface area contributed by atoms with Crippen LogP contribution in [0.4, 0.5) is 0 Å². The largest absolute Gasteiger partial charge is 0.497 e. The number of rotatable bonds is 6. The Balaban J connectivity index is 1.73. The molecule has 0 amide bonds. The van der Waals surface area contributed by atoms with Gasteiger partial charge in [0.2, 0.25) is 11.7 Å². The Morgan fingerprint density at radius 2 is 2.00 bits per heavy atom. The minimum Gasteiger partial charge on any atom is -0.497 e. The van der Waals surface area contributed by atoms with Crippen LogP contribution in [0.25, 0.3) is 11.4 Å². The SMILES string of the molecule is COC(=O)c1ccccc1SCc1nc(-c2cccc(OC)c2)no1. The molecule has 0 saturated heterocycles. The number of hydrogen-bond acceptors (Lipinski definition) is 7. The van der Waals surface area contributed by atoms with Gasteiger partial charge >= 0.3 is 5.97 Å². The number of aromatic nitrogens is 2. The van der Waals surface area contributed by atoms with E-state index in [0.29, 0.717) is 23.0 Å². The zero-order chi connectivity index (χ0) is 17.6. The Kier molecular flexibility index (Phi) is 5.35. The van der Waals surface area contributed by atoms with Gasteiger partial charge in [-0.05, 0) is 24.3 Å². The topological polar surface area (TPSA) is 74.5 Å². The van der Waals surface area contributed by atoms with Crippen LogP contribution in [0, 0.1) is 0 Å². The van der Waals surface area contributed by atoms with Gasteiger partial charge in [-0.15, -0.1) is 11.8 Å². The summed E-state index contributed by atoms with van der Waals surface area (Å²) in [5, 5.41) is 4.00. The number of thioether (sulfide) groups is 1. The van der Waals surface area contributed by atoms with Crippen LogP contribution in [0.15, 0.2) is 57.9 Å². The van der Waals surface area contributed by atoms with Crippen LogP contribution in [-0.4, -0.2) is 30.3 Å². The standard InChI is InChI=1S/C18H16N2O4S/c1-22-13-7-5-6-12(10-13)17-19-16(24-20-17)11-25-15-9-4-3-8-14(15)18(21)23-2/h3-10H,11H2,1-2H3. The molecular formula is C18H16N2O4S. The van der Waals surface area contributed by atoms with Crippen LogP contribution in [0.3, 0.4) is 0 Å². The summed E-state index contributed by atoms with van der Waals surface area (Å²) in [7, 11) is 2.97. The molecular weight excluding hydrogens is 340 g/mol. The van der Waals surface area contributed by atoms with E-state index in [1.165, 1.54) is 18.9 Å². The maximum absolute atomic E-state index is 11.8. The highest BCUT2D eigenvalue weighted by Crippen LogP contribution is 2.27. The molecule has 0 fully saturated rings. The van der Waals surface area contributed by atoms with Gasteiger partial charge < -0.3 is 14.0 Å². The summed E-state index contributed by atoms with van der Waals surface area (Å²) in [5.74, 6) is 1.78. The minimum absolute atomic E-state index is 0.370. The first-order valence-corrected chi connectivity index (χ1v) is 8.47. The lowest BCUT2D eigenvalue weighted by atomic mass is 10.2. The highest BCUT2D eigenvalue weighted by Gasteiger charge is 2.14. The van der Waals surface area contributed by atoms with Crippen molar-refractivity contribution in [3.63, 3.8) is 0 Å². The summed E-state index contributed by atoms with van der Waals surface area (Å²) in [6.45, 7) is 0. The van der Waals surface area contributed by atoms with Crippen molar-refractivity contribution in [2.75, 3.05) is 14.2 Å². The summed E-state index contributed by atoms with van der Waals surface area (Å²) in [4.78, 5) is 17.0. The molecule has 128 valence electrons. The first-order chi connectivity index (χ1) is 12.2. The maximum atomic E-state index is 11.8. The van der Waals surface area contributed by atoms with E-state index >= 15 is 0 Å². The van der Waals surface area contributed by atoms with E-state index in [1.807, 2.05) is 36.4 Å². The number of hydrogen-bond donors (Lipinski definition) is 0. The normalized spacial score (nSPS) is 10.5. The van der Waals surface area contributed by atoms with Gasteiger partial charge in [0, 0.05) is 10.5 Å². The van der Waals surface area contributed by atoms with Gasteiger partial charge in [-0.1, -0.05) is 29.4 Å². The van der Waals surface area contributed by atoms with Gasteiger partial charge in [-0.3, -0.25) is 0 Å². The van der Waals surface area contributed by atoms with Crippen molar-refractivity contribution >= 4 is 17.7 Å². The van der Waals surface area contributed by atoms with Crippen molar-refractivity contribution < 1.29 is 18.8 Å². The Labute approximate surface area is 149 Å². The lowest BCUT2D eigenvalue weighted by Gasteiger charge is -2.05. The number of benzene rings is 2. The minimum atomic E-state index is -0.370. The molecule has 1 aromatic heterocycles. The molecule has 0 aliphatic rings. The summed E-state index contributed by atoms with van der Waals surface area (Å²) in [5.41, 5.74) is 1.33. The maximum Gasteiger partial charge on any atom is 0.338 e. The number of esters is 1. The van der Waals surface area contributed by atoms with Gasteiger partial charge in [0.15, 0.2) is 0 Å². The van der Waals surface area contributed by atoms with Crippen molar-refractivity contribution in [2.24, 2.45) is 0 Å². The smallest absolute Gasteiger partial charge is 0.338 e. The average molecular weight is 356 g/mol. The molecule has 3 rings (SSSR count). The highest BCUT2D eigenvalue weighted by molar-refractivity contribution is 7.98. The average Bonchev–Trinajstić information content (AvgIpc) is 3.15. The third kappa shape index (κ3) is 4.00. The molecule has 0 unspecified atom stereocenters. The van der Waals surface area contributed by atoms with E-state index in [4.69, 9.17) is 14.0 Å². The van der Waals surface area contributed by atoms with Gasteiger partial charge in [0.25, 0.3) is 0 Å².